The molecule has 6 heteroatoms. The van der Waals surface area contributed by atoms with Gasteiger partial charge in [-0.1, -0.05) is 30.7 Å². The molecule has 2 rings (SSSR count). The highest BCUT2D eigenvalue weighted by atomic mass is 35.5. The predicted octanol–water partition coefficient (Wildman–Crippen LogP) is 1.70. The summed E-state index contributed by atoms with van der Waals surface area (Å²) >= 11 is 5.81. The highest BCUT2D eigenvalue weighted by Gasteiger charge is 2.09. The number of nitrogen functional groups attached to an aromatic ring is 1. The molecule has 0 bridgehead atoms. The Morgan fingerprint density at radius 2 is 1.80 bits per heavy atom. The normalized spacial score (nSPS) is 10.7. The van der Waals surface area contributed by atoms with Crippen LogP contribution in [0.1, 0.15) is 18.9 Å². The summed E-state index contributed by atoms with van der Waals surface area (Å²) in [5, 5.41) is 0.613. The maximum absolute atomic E-state index is 12.3. The van der Waals surface area contributed by atoms with Crippen molar-refractivity contribution in [3.63, 3.8) is 0 Å². The summed E-state index contributed by atoms with van der Waals surface area (Å²) in [7, 11) is 0. The largest absolute Gasteiger partial charge is 0.385 e. The molecule has 2 N–H and O–H groups in total. The Balaban J connectivity index is 2.46. The number of nitrogens with two attached hydrogens (primary N) is 1. The quantitative estimate of drug-likeness (QED) is 0.933. The first-order valence-corrected chi connectivity index (χ1v) is 6.75. The number of rotatable bonds is 4. The second-order valence-electron chi connectivity index (χ2n) is 4.55. The lowest BCUT2D eigenvalue weighted by Gasteiger charge is -2.12. The molecule has 0 fully saturated rings. The molecule has 106 valence electrons. The molecule has 5 nitrogen and oxygen atoms in total. The molecular weight excluding hydrogens is 278 g/mol. The second-order valence-corrected chi connectivity index (χ2v) is 4.99. The van der Waals surface area contributed by atoms with E-state index in [1.807, 2.05) is 6.92 Å². The molecule has 20 heavy (non-hydrogen) atoms. The fourth-order valence-corrected chi connectivity index (χ4v) is 2.13. The molecule has 1 aromatic heterocycles. The van der Waals surface area contributed by atoms with Gasteiger partial charge in [0.15, 0.2) is 0 Å². The first kappa shape index (κ1) is 14.4. The molecule has 0 unspecified atom stereocenters. The zero-order chi connectivity index (χ0) is 14.7. The van der Waals surface area contributed by atoms with Crippen molar-refractivity contribution in [3.8, 4) is 0 Å². The van der Waals surface area contributed by atoms with Crippen molar-refractivity contribution in [2.45, 2.75) is 26.4 Å². The van der Waals surface area contributed by atoms with E-state index in [4.69, 9.17) is 17.3 Å². The van der Waals surface area contributed by atoms with Crippen LogP contribution in [0.25, 0.3) is 0 Å². The number of anilines is 1. The Hall–Kier alpha value is -2.01. The zero-order valence-corrected chi connectivity index (χ0v) is 11.9. The average molecular weight is 294 g/mol. The second kappa shape index (κ2) is 5.96. The SMILES string of the molecule is CCCn1c(N)cc(=O)n(Cc2ccc(Cl)cc2)c1=O. The van der Waals surface area contributed by atoms with Crippen LogP contribution in [0.5, 0.6) is 0 Å². The van der Waals surface area contributed by atoms with Gasteiger partial charge in [0.05, 0.1) is 6.54 Å². The molecule has 0 saturated carbocycles. The Labute approximate surface area is 121 Å². The fourth-order valence-electron chi connectivity index (χ4n) is 2.00. The van der Waals surface area contributed by atoms with Gasteiger partial charge in [0.1, 0.15) is 5.82 Å². The van der Waals surface area contributed by atoms with E-state index < -0.39 is 5.56 Å². The predicted molar refractivity (Wildman–Crippen MR) is 80.2 cm³/mol. The van der Waals surface area contributed by atoms with E-state index in [2.05, 4.69) is 0 Å². The third kappa shape index (κ3) is 2.93. The molecule has 1 aromatic carbocycles. The van der Waals surface area contributed by atoms with Crippen LogP contribution in [0.2, 0.25) is 5.02 Å². The standard InChI is InChI=1S/C14H16ClN3O2/c1-2-7-17-12(16)8-13(19)18(14(17)20)9-10-3-5-11(15)6-4-10/h3-6,8H,2,7,9,16H2,1H3. The van der Waals surface area contributed by atoms with Crippen molar-refractivity contribution in [3.05, 3.63) is 61.8 Å². The van der Waals surface area contributed by atoms with Gasteiger partial charge in [0, 0.05) is 17.6 Å². The van der Waals surface area contributed by atoms with Crippen LogP contribution in [-0.4, -0.2) is 9.13 Å². The summed E-state index contributed by atoms with van der Waals surface area (Å²) in [5.74, 6) is 0.203. The lowest BCUT2D eigenvalue weighted by Crippen LogP contribution is -2.40. The first-order chi connectivity index (χ1) is 9.52. The van der Waals surface area contributed by atoms with Gasteiger partial charge in [-0.05, 0) is 24.1 Å². The molecule has 2 aromatic rings. The third-order valence-electron chi connectivity index (χ3n) is 3.01. The van der Waals surface area contributed by atoms with E-state index in [1.54, 1.807) is 24.3 Å². The van der Waals surface area contributed by atoms with Crippen molar-refractivity contribution in [1.29, 1.82) is 0 Å². The summed E-state index contributed by atoms with van der Waals surface area (Å²) in [4.78, 5) is 24.2. The van der Waals surface area contributed by atoms with Crippen molar-refractivity contribution in [1.82, 2.24) is 9.13 Å². The number of nitrogens with zero attached hydrogens (tertiary/aromatic N) is 2. The minimum Gasteiger partial charge on any atom is -0.385 e. The number of benzene rings is 1. The third-order valence-corrected chi connectivity index (χ3v) is 3.26. The Morgan fingerprint density at radius 3 is 2.40 bits per heavy atom. The molecule has 0 amide bonds. The smallest absolute Gasteiger partial charge is 0.332 e. The van der Waals surface area contributed by atoms with Crippen molar-refractivity contribution in [2.75, 3.05) is 5.73 Å². The van der Waals surface area contributed by atoms with Gasteiger partial charge < -0.3 is 5.73 Å². The minimum absolute atomic E-state index is 0.203. The summed E-state index contributed by atoms with van der Waals surface area (Å²) in [5.41, 5.74) is 5.78. The summed E-state index contributed by atoms with van der Waals surface area (Å²) in [6.07, 6.45) is 0.767. The van der Waals surface area contributed by atoms with Crippen LogP contribution in [0.15, 0.2) is 39.9 Å². The van der Waals surface area contributed by atoms with E-state index in [-0.39, 0.29) is 18.1 Å². The van der Waals surface area contributed by atoms with Crippen molar-refractivity contribution in [2.24, 2.45) is 0 Å². The molecule has 0 aliphatic heterocycles. The molecule has 0 spiro atoms. The highest BCUT2D eigenvalue weighted by Crippen LogP contribution is 2.09. The van der Waals surface area contributed by atoms with Gasteiger partial charge in [-0.15, -0.1) is 0 Å². The molecule has 0 atom stereocenters. The van der Waals surface area contributed by atoms with Crippen LogP contribution in [0, 0.1) is 0 Å². The molecule has 1 heterocycles. The minimum atomic E-state index is -0.394. The van der Waals surface area contributed by atoms with Crippen LogP contribution >= 0.6 is 11.6 Å². The Kier molecular flexibility index (Phi) is 4.29. The van der Waals surface area contributed by atoms with Crippen LogP contribution in [0.3, 0.4) is 0 Å². The van der Waals surface area contributed by atoms with Gasteiger partial charge >= 0.3 is 5.69 Å². The number of hydrogen-bond acceptors (Lipinski definition) is 3. The average Bonchev–Trinajstić information content (AvgIpc) is 2.41. The molecule has 0 radical (unpaired) electrons. The number of aromatic nitrogens is 2. The summed E-state index contributed by atoms with van der Waals surface area (Å²) < 4.78 is 2.59. The van der Waals surface area contributed by atoms with E-state index in [1.165, 1.54) is 15.2 Å². The van der Waals surface area contributed by atoms with Gasteiger partial charge in [-0.2, -0.15) is 0 Å². The lowest BCUT2D eigenvalue weighted by atomic mass is 10.2. The monoisotopic (exact) mass is 293 g/mol. The lowest BCUT2D eigenvalue weighted by molar-refractivity contribution is 0.578. The number of halogens is 1. The summed E-state index contributed by atoms with van der Waals surface area (Å²) in [6, 6.07) is 8.31. The maximum atomic E-state index is 12.3. The molecule has 0 saturated heterocycles. The van der Waals surface area contributed by atoms with Gasteiger partial charge in [-0.3, -0.25) is 13.9 Å². The van der Waals surface area contributed by atoms with Crippen LogP contribution < -0.4 is 17.0 Å². The zero-order valence-electron chi connectivity index (χ0n) is 11.2. The molecule has 0 aliphatic rings. The maximum Gasteiger partial charge on any atom is 0.332 e. The van der Waals surface area contributed by atoms with E-state index >= 15 is 0 Å². The Bertz CT molecular complexity index is 717. The topological polar surface area (TPSA) is 70.0 Å². The van der Waals surface area contributed by atoms with E-state index in [9.17, 15) is 9.59 Å². The van der Waals surface area contributed by atoms with Crippen molar-refractivity contribution < 1.29 is 0 Å². The molecule has 0 aliphatic carbocycles. The first-order valence-electron chi connectivity index (χ1n) is 6.37. The van der Waals surface area contributed by atoms with E-state index in [0.29, 0.717) is 11.6 Å². The molecular formula is C14H16ClN3O2. The summed E-state index contributed by atoms with van der Waals surface area (Å²) in [6.45, 7) is 2.64. The van der Waals surface area contributed by atoms with E-state index in [0.717, 1.165) is 12.0 Å². The van der Waals surface area contributed by atoms with Gasteiger partial charge in [0.25, 0.3) is 5.56 Å². The highest BCUT2D eigenvalue weighted by molar-refractivity contribution is 6.30. The fraction of sp³-hybridized carbons (Fsp3) is 0.286. The van der Waals surface area contributed by atoms with Gasteiger partial charge in [0.2, 0.25) is 0 Å². The Morgan fingerprint density at radius 1 is 1.15 bits per heavy atom. The van der Waals surface area contributed by atoms with Crippen LogP contribution in [-0.2, 0) is 13.1 Å². The van der Waals surface area contributed by atoms with Crippen LogP contribution in [0.4, 0.5) is 5.82 Å². The number of hydrogen-bond donors (Lipinski definition) is 1. The van der Waals surface area contributed by atoms with Crippen molar-refractivity contribution >= 4 is 17.4 Å². The van der Waals surface area contributed by atoms with Gasteiger partial charge in [-0.25, -0.2) is 4.79 Å².